The number of halogens is 3. The first-order chi connectivity index (χ1) is 9.14. The second-order valence-electron chi connectivity index (χ2n) is 3.99. The molecule has 1 aromatic rings. The number of para-hydroxylation sites is 1. The highest BCUT2D eigenvalue weighted by atomic mass is 32.2. The topological polar surface area (TPSA) is 75.6 Å². The third-order valence-electron chi connectivity index (χ3n) is 2.36. The molecule has 0 aliphatic carbocycles. The molecule has 0 spiro atoms. The average molecular weight is 313 g/mol. The Bertz CT molecular complexity index is 557. The van der Waals surface area contributed by atoms with E-state index >= 15 is 0 Å². The third kappa shape index (κ3) is 5.16. The zero-order valence-corrected chi connectivity index (χ0v) is 11.4. The van der Waals surface area contributed by atoms with Crippen LogP contribution in [0.5, 0.6) is 11.5 Å². The summed E-state index contributed by atoms with van der Waals surface area (Å²) >= 11 is 0. The van der Waals surface area contributed by atoms with Gasteiger partial charge in [-0.2, -0.15) is 13.2 Å². The molecule has 0 saturated carbocycles. The number of methoxy groups -OCH3 is 1. The highest BCUT2D eigenvalue weighted by molar-refractivity contribution is 7.92. The summed E-state index contributed by atoms with van der Waals surface area (Å²) in [5.41, 5.74) is -0.193. The van der Waals surface area contributed by atoms with Crippen molar-refractivity contribution in [3.63, 3.8) is 0 Å². The van der Waals surface area contributed by atoms with Crippen LogP contribution in [0, 0.1) is 0 Å². The molecule has 0 aliphatic rings. The number of phenols is 1. The number of hydrogen-bond acceptors (Lipinski definition) is 4. The second kappa shape index (κ2) is 6.21. The van der Waals surface area contributed by atoms with E-state index in [1.54, 1.807) is 0 Å². The van der Waals surface area contributed by atoms with Crippen molar-refractivity contribution in [2.75, 3.05) is 17.6 Å². The number of nitrogens with one attached hydrogen (secondary N) is 1. The smallest absolute Gasteiger partial charge is 0.389 e. The Hall–Kier alpha value is -1.64. The summed E-state index contributed by atoms with van der Waals surface area (Å²) in [7, 11) is -2.73. The van der Waals surface area contributed by atoms with E-state index in [9.17, 15) is 26.7 Å². The number of phenolic OH excluding ortho intramolecular Hbond substituents is 1. The molecule has 0 radical (unpaired) electrons. The maximum Gasteiger partial charge on any atom is 0.389 e. The van der Waals surface area contributed by atoms with Gasteiger partial charge in [0.15, 0.2) is 0 Å². The number of rotatable bonds is 6. The zero-order valence-electron chi connectivity index (χ0n) is 10.6. The first-order valence-electron chi connectivity index (χ1n) is 5.58. The van der Waals surface area contributed by atoms with Crippen molar-refractivity contribution < 1.29 is 31.4 Å². The van der Waals surface area contributed by atoms with E-state index in [4.69, 9.17) is 4.74 Å². The predicted octanol–water partition coefficient (Wildman–Crippen LogP) is 2.49. The Morgan fingerprint density at radius 2 is 2.00 bits per heavy atom. The summed E-state index contributed by atoms with van der Waals surface area (Å²) in [6, 6.07) is 4.08. The van der Waals surface area contributed by atoms with Crippen LogP contribution in [0.2, 0.25) is 0 Å². The molecular weight excluding hydrogens is 299 g/mol. The van der Waals surface area contributed by atoms with Gasteiger partial charge in [-0.15, -0.1) is 0 Å². The van der Waals surface area contributed by atoms with Crippen molar-refractivity contribution in [1.29, 1.82) is 0 Å². The van der Waals surface area contributed by atoms with Gasteiger partial charge in [0.25, 0.3) is 0 Å². The first-order valence-corrected chi connectivity index (χ1v) is 7.23. The molecule has 5 nitrogen and oxygen atoms in total. The van der Waals surface area contributed by atoms with E-state index in [0.717, 1.165) is 0 Å². The lowest BCUT2D eigenvalue weighted by Gasteiger charge is -2.13. The van der Waals surface area contributed by atoms with Crippen LogP contribution >= 0.6 is 0 Å². The predicted molar refractivity (Wildman–Crippen MR) is 67.4 cm³/mol. The number of hydrogen-bond donors (Lipinski definition) is 2. The number of anilines is 1. The number of alkyl halides is 3. The van der Waals surface area contributed by atoms with Gasteiger partial charge in [-0.3, -0.25) is 4.72 Å². The van der Waals surface area contributed by atoms with Crippen molar-refractivity contribution in [3.05, 3.63) is 18.2 Å². The largest absolute Gasteiger partial charge is 0.506 e. The summed E-state index contributed by atoms with van der Waals surface area (Å²) < 4.78 is 66.1. The fourth-order valence-corrected chi connectivity index (χ4v) is 2.60. The van der Waals surface area contributed by atoms with Crippen LogP contribution in [0.4, 0.5) is 18.9 Å². The quantitative estimate of drug-likeness (QED) is 0.791. The summed E-state index contributed by atoms with van der Waals surface area (Å²) in [4.78, 5) is 0. The second-order valence-corrected chi connectivity index (χ2v) is 5.84. The number of benzene rings is 1. The maximum absolute atomic E-state index is 12.0. The van der Waals surface area contributed by atoms with Crippen molar-refractivity contribution >= 4 is 15.7 Å². The lowest BCUT2D eigenvalue weighted by atomic mass is 10.3. The van der Waals surface area contributed by atoms with Crippen LogP contribution in [0.3, 0.4) is 0 Å². The van der Waals surface area contributed by atoms with E-state index in [2.05, 4.69) is 0 Å². The summed E-state index contributed by atoms with van der Waals surface area (Å²) in [6.07, 6.45) is -6.15. The number of ether oxygens (including phenoxy) is 1. The lowest BCUT2D eigenvalue weighted by molar-refractivity contribution is -0.134. The van der Waals surface area contributed by atoms with E-state index in [1.807, 2.05) is 4.72 Å². The number of aromatic hydroxyl groups is 1. The SMILES string of the molecule is COc1cccc(O)c1NS(=O)(=O)CCCC(F)(F)F. The van der Waals surface area contributed by atoms with Gasteiger partial charge in [-0.05, 0) is 18.6 Å². The Kier molecular flexibility index (Phi) is 5.09. The highest BCUT2D eigenvalue weighted by Crippen LogP contribution is 2.34. The van der Waals surface area contributed by atoms with Gasteiger partial charge in [0, 0.05) is 6.42 Å². The average Bonchev–Trinajstić information content (AvgIpc) is 2.29. The van der Waals surface area contributed by atoms with Crippen LogP contribution < -0.4 is 9.46 Å². The monoisotopic (exact) mass is 313 g/mol. The maximum atomic E-state index is 12.0. The van der Waals surface area contributed by atoms with Gasteiger partial charge in [-0.25, -0.2) is 8.42 Å². The molecule has 0 atom stereocenters. The lowest BCUT2D eigenvalue weighted by Crippen LogP contribution is -2.19. The molecule has 0 aromatic heterocycles. The molecule has 0 aliphatic heterocycles. The van der Waals surface area contributed by atoms with Gasteiger partial charge in [-0.1, -0.05) is 6.07 Å². The molecule has 0 heterocycles. The van der Waals surface area contributed by atoms with Crippen molar-refractivity contribution in [3.8, 4) is 11.5 Å². The molecule has 0 amide bonds. The molecule has 2 N–H and O–H groups in total. The van der Waals surface area contributed by atoms with Gasteiger partial charge < -0.3 is 9.84 Å². The highest BCUT2D eigenvalue weighted by Gasteiger charge is 2.27. The molecule has 0 saturated heterocycles. The molecule has 0 fully saturated rings. The minimum atomic E-state index is -4.40. The van der Waals surface area contributed by atoms with Gasteiger partial charge >= 0.3 is 6.18 Å². The molecule has 0 unspecified atom stereocenters. The minimum Gasteiger partial charge on any atom is -0.506 e. The van der Waals surface area contributed by atoms with E-state index < -0.39 is 34.8 Å². The molecule has 114 valence electrons. The van der Waals surface area contributed by atoms with E-state index in [1.165, 1.54) is 25.3 Å². The summed E-state index contributed by atoms with van der Waals surface area (Å²) in [6.45, 7) is 0. The van der Waals surface area contributed by atoms with E-state index in [-0.39, 0.29) is 17.2 Å². The fraction of sp³-hybridized carbons (Fsp3) is 0.455. The van der Waals surface area contributed by atoms with Gasteiger partial charge in [0.05, 0.1) is 12.9 Å². The Morgan fingerprint density at radius 3 is 2.55 bits per heavy atom. The Labute approximate surface area is 114 Å². The van der Waals surface area contributed by atoms with Crippen molar-refractivity contribution in [1.82, 2.24) is 0 Å². The van der Waals surface area contributed by atoms with Crippen LogP contribution in [-0.4, -0.2) is 32.6 Å². The van der Waals surface area contributed by atoms with E-state index in [0.29, 0.717) is 0 Å². The molecule has 0 bridgehead atoms. The summed E-state index contributed by atoms with van der Waals surface area (Å²) in [5.74, 6) is -1.00. The Balaban J connectivity index is 2.77. The minimum absolute atomic E-state index is 0.0735. The van der Waals surface area contributed by atoms with Crippen LogP contribution in [0.25, 0.3) is 0 Å². The standard InChI is InChI=1S/C11H14F3NO4S/c1-19-9-5-2-4-8(16)10(9)15-20(17,18)7-3-6-11(12,13)14/h2,4-5,15-16H,3,6-7H2,1H3. The van der Waals surface area contributed by atoms with Crippen LogP contribution in [-0.2, 0) is 10.0 Å². The summed E-state index contributed by atoms with van der Waals surface area (Å²) in [5, 5.41) is 9.55. The van der Waals surface area contributed by atoms with Crippen LogP contribution in [0.1, 0.15) is 12.8 Å². The molecule has 20 heavy (non-hydrogen) atoms. The molecule has 1 aromatic carbocycles. The molecule has 9 heteroatoms. The van der Waals surface area contributed by atoms with Crippen LogP contribution in [0.15, 0.2) is 18.2 Å². The van der Waals surface area contributed by atoms with Crippen molar-refractivity contribution in [2.24, 2.45) is 0 Å². The van der Waals surface area contributed by atoms with Gasteiger partial charge in [0.2, 0.25) is 10.0 Å². The molecular formula is C11H14F3NO4S. The normalized spacial score (nSPS) is 12.2. The third-order valence-corrected chi connectivity index (χ3v) is 3.70. The van der Waals surface area contributed by atoms with Crippen molar-refractivity contribution in [2.45, 2.75) is 19.0 Å². The first kappa shape index (κ1) is 16.4. The van der Waals surface area contributed by atoms with Gasteiger partial charge in [0.1, 0.15) is 17.2 Å². The zero-order chi connectivity index (χ0) is 15.4. The fourth-order valence-electron chi connectivity index (χ4n) is 1.46. The Morgan fingerprint density at radius 1 is 1.35 bits per heavy atom. The molecule has 1 rings (SSSR count). The number of sulfonamides is 1.